The first kappa shape index (κ1) is 22.1. The van der Waals surface area contributed by atoms with Crippen LogP contribution >= 0.6 is 0 Å². The predicted octanol–water partition coefficient (Wildman–Crippen LogP) is 4.52. The molecular weight excluding hydrogens is 426 g/mol. The first-order valence-corrected chi connectivity index (χ1v) is 11.8. The number of aryl methyl sites for hydroxylation is 1. The van der Waals surface area contributed by atoms with E-state index >= 15 is 0 Å². The molecule has 2 aliphatic heterocycles. The van der Waals surface area contributed by atoms with Gasteiger partial charge in [-0.15, -0.1) is 0 Å². The molecule has 1 amide bonds. The number of nitrogens with zero attached hydrogens (tertiary/aromatic N) is 2. The lowest BCUT2D eigenvalue weighted by Gasteiger charge is -2.49. The zero-order valence-electron chi connectivity index (χ0n) is 20.0. The van der Waals surface area contributed by atoms with E-state index in [9.17, 15) is 4.79 Å². The molecule has 34 heavy (non-hydrogen) atoms. The second-order valence-corrected chi connectivity index (χ2v) is 9.07. The summed E-state index contributed by atoms with van der Waals surface area (Å²) in [5, 5.41) is 3.15. The van der Waals surface area contributed by atoms with Gasteiger partial charge in [0.05, 0.1) is 26.2 Å². The summed E-state index contributed by atoms with van der Waals surface area (Å²) < 4.78 is 10.8. The first-order chi connectivity index (χ1) is 16.6. The molecule has 3 aromatic carbocycles. The topological polar surface area (TPSA) is 54.0 Å². The number of carbonyl (C=O) groups excluding carboxylic acids is 1. The highest BCUT2D eigenvalue weighted by Gasteiger charge is 2.41. The van der Waals surface area contributed by atoms with Crippen LogP contribution in [-0.2, 0) is 11.2 Å². The molecule has 6 nitrogen and oxygen atoms in total. The lowest BCUT2D eigenvalue weighted by molar-refractivity contribution is -0.120. The maximum atomic E-state index is 13.6. The van der Waals surface area contributed by atoms with Crippen molar-refractivity contribution in [3.63, 3.8) is 0 Å². The van der Waals surface area contributed by atoms with Crippen LogP contribution in [-0.4, -0.2) is 45.8 Å². The Hall–Kier alpha value is -3.67. The number of rotatable bonds is 5. The average Bonchev–Trinajstić information content (AvgIpc) is 2.88. The van der Waals surface area contributed by atoms with Crippen LogP contribution in [0.4, 0.5) is 17.1 Å². The molecule has 0 radical (unpaired) electrons. The number of hydrogen-bond donors (Lipinski definition) is 1. The molecule has 5 rings (SSSR count). The van der Waals surface area contributed by atoms with Crippen molar-refractivity contribution in [2.75, 3.05) is 49.0 Å². The maximum Gasteiger partial charge on any atom is 0.229 e. The van der Waals surface area contributed by atoms with Gasteiger partial charge in [-0.3, -0.25) is 4.79 Å². The molecule has 2 aliphatic rings. The van der Waals surface area contributed by atoms with Crippen LogP contribution in [0.15, 0.2) is 66.7 Å². The molecule has 0 bridgehead atoms. The third-order valence-corrected chi connectivity index (χ3v) is 7.02. The fourth-order valence-electron chi connectivity index (χ4n) is 5.10. The Morgan fingerprint density at radius 1 is 0.912 bits per heavy atom. The van der Waals surface area contributed by atoms with E-state index in [1.165, 1.54) is 22.5 Å². The quantitative estimate of drug-likeness (QED) is 0.611. The molecule has 2 heterocycles. The van der Waals surface area contributed by atoms with Crippen LogP contribution in [0.3, 0.4) is 0 Å². The van der Waals surface area contributed by atoms with E-state index in [0.29, 0.717) is 6.42 Å². The van der Waals surface area contributed by atoms with Crippen molar-refractivity contribution in [1.29, 1.82) is 0 Å². The van der Waals surface area contributed by atoms with Crippen LogP contribution in [0.2, 0.25) is 0 Å². The Morgan fingerprint density at radius 3 is 2.32 bits per heavy atom. The number of amides is 1. The molecule has 3 aromatic rings. The molecule has 6 heteroatoms. The number of piperazine rings is 1. The second-order valence-electron chi connectivity index (χ2n) is 9.07. The highest BCUT2D eigenvalue weighted by atomic mass is 16.5. The summed E-state index contributed by atoms with van der Waals surface area (Å²) in [6, 6.07) is 22.4. The first-order valence-electron chi connectivity index (χ1n) is 11.8. The molecule has 0 aliphatic carbocycles. The number of nitrogens with one attached hydrogen (secondary N) is 1. The van der Waals surface area contributed by atoms with Crippen molar-refractivity contribution in [2.45, 2.75) is 19.4 Å². The SMILES string of the molecule is COc1ccc(NC(=O)[C@@H]2Cc3ccc(OC)cc3N3CCN(c4ccc(C)cc4)C[C@@H]23)cc1. The maximum absolute atomic E-state index is 13.6. The number of ether oxygens (including phenoxy) is 2. The van der Waals surface area contributed by atoms with Crippen molar-refractivity contribution in [2.24, 2.45) is 5.92 Å². The number of methoxy groups -OCH3 is 2. The van der Waals surface area contributed by atoms with Crippen molar-refractivity contribution in [3.05, 3.63) is 77.9 Å². The molecule has 0 spiro atoms. The van der Waals surface area contributed by atoms with Crippen molar-refractivity contribution in [3.8, 4) is 11.5 Å². The minimum absolute atomic E-state index is 0.0485. The Balaban J connectivity index is 1.44. The van der Waals surface area contributed by atoms with E-state index in [1.54, 1.807) is 14.2 Å². The van der Waals surface area contributed by atoms with E-state index in [0.717, 1.165) is 36.8 Å². The monoisotopic (exact) mass is 457 g/mol. The Bertz CT molecular complexity index is 1160. The molecule has 0 unspecified atom stereocenters. The summed E-state index contributed by atoms with van der Waals surface area (Å²) in [7, 11) is 3.34. The van der Waals surface area contributed by atoms with Gasteiger partial charge < -0.3 is 24.6 Å². The minimum Gasteiger partial charge on any atom is -0.497 e. The zero-order valence-corrected chi connectivity index (χ0v) is 20.0. The van der Waals surface area contributed by atoms with Gasteiger partial charge in [-0.25, -0.2) is 0 Å². The van der Waals surface area contributed by atoms with Crippen LogP contribution in [0.1, 0.15) is 11.1 Å². The largest absolute Gasteiger partial charge is 0.497 e. The van der Waals surface area contributed by atoms with Gasteiger partial charge in [-0.2, -0.15) is 0 Å². The van der Waals surface area contributed by atoms with E-state index < -0.39 is 0 Å². The fourth-order valence-corrected chi connectivity index (χ4v) is 5.10. The van der Waals surface area contributed by atoms with Crippen LogP contribution in [0.5, 0.6) is 11.5 Å². The highest BCUT2D eigenvalue weighted by Crippen LogP contribution is 2.39. The molecule has 2 atom stereocenters. The van der Waals surface area contributed by atoms with Gasteiger partial charge in [0.15, 0.2) is 0 Å². The number of anilines is 3. The highest BCUT2D eigenvalue weighted by molar-refractivity contribution is 5.94. The van der Waals surface area contributed by atoms with Gasteiger partial charge in [0.2, 0.25) is 5.91 Å². The molecular formula is C28H31N3O3. The number of carbonyl (C=O) groups is 1. The summed E-state index contributed by atoms with van der Waals surface area (Å²) in [6.45, 7) is 4.65. The Morgan fingerprint density at radius 2 is 1.62 bits per heavy atom. The normalized spacial score (nSPS) is 19.1. The van der Waals surface area contributed by atoms with Gasteiger partial charge in [0, 0.05) is 42.8 Å². The summed E-state index contributed by atoms with van der Waals surface area (Å²) in [6.07, 6.45) is 0.699. The van der Waals surface area contributed by atoms with Crippen LogP contribution in [0.25, 0.3) is 0 Å². The number of fused-ring (bicyclic) bond motifs is 3. The van der Waals surface area contributed by atoms with Crippen LogP contribution < -0.4 is 24.6 Å². The van der Waals surface area contributed by atoms with E-state index in [-0.39, 0.29) is 17.9 Å². The van der Waals surface area contributed by atoms with Gasteiger partial charge in [-0.05, 0) is 61.4 Å². The summed E-state index contributed by atoms with van der Waals surface area (Å²) in [5.41, 5.74) is 5.61. The van der Waals surface area contributed by atoms with Crippen molar-refractivity contribution >= 4 is 23.0 Å². The van der Waals surface area contributed by atoms with Gasteiger partial charge >= 0.3 is 0 Å². The third kappa shape index (κ3) is 4.28. The zero-order chi connectivity index (χ0) is 23.7. The summed E-state index contributed by atoms with van der Waals surface area (Å²) in [5.74, 6) is 1.49. The molecule has 0 saturated carbocycles. The smallest absolute Gasteiger partial charge is 0.229 e. The second kappa shape index (κ2) is 9.29. The van der Waals surface area contributed by atoms with Crippen LogP contribution in [0, 0.1) is 12.8 Å². The van der Waals surface area contributed by atoms with Crippen molar-refractivity contribution in [1.82, 2.24) is 0 Å². The summed E-state index contributed by atoms with van der Waals surface area (Å²) >= 11 is 0. The Kier molecular flexibility index (Phi) is 6.05. The fraction of sp³-hybridized carbons (Fsp3) is 0.321. The molecule has 1 saturated heterocycles. The molecule has 1 N–H and O–H groups in total. The van der Waals surface area contributed by atoms with E-state index in [2.05, 4.69) is 58.4 Å². The van der Waals surface area contributed by atoms with Gasteiger partial charge in [0.25, 0.3) is 0 Å². The standard InChI is InChI=1S/C28H31N3O3/c1-19-4-9-22(10-5-19)30-14-15-31-26-17-24(34-3)11-6-20(26)16-25(27(31)18-30)28(32)29-21-7-12-23(33-2)13-8-21/h4-13,17,25,27H,14-16,18H2,1-3H3,(H,29,32)/t25-,27+/m1/s1. The predicted molar refractivity (Wildman–Crippen MR) is 136 cm³/mol. The van der Waals surface area contributed by atoms with Crippen molar-refractivity contribution < 1.29 is 14.3 Å². The molecule has 0 aromatic heterocycles. The molecule has 1 fully saturated rings. The minimum atomic E-state index is -0.170. The van der Waals surface area contributed by atoms with E-state index in [4.69, 9.17) is 9.47 Å². The van der Waals surface area contributed by atoms with Gasteiger partial charge in [-0.1, -0.05) is 23.8 Å². The Labute approximate surface area is 201 Å². The number of hydrogen-bond acceptors (Lipinski definition) is 5. The lowest BCUT2D eigenvalue weighted by atomic mass is 9.83. The molecule has 176 valence electrons. The average molecular weight is 458 g/mol. The van der Waals surface area contributed by atoms with Gasteiger partial charge in [0.1, 0.15) is 11.5 Å². The van der Waals surface area contributed by atoms with E-state index in [1.807, 2.05) is 30.3 Å². The summed E-state index contributed by atoms with van der Waals surface area (Å²) in [4.78, 5) is 18.4. The lowest BCUT2D eigenvalue weighted by Crippen LogP contribution is -2.60. The number of benzene rings is 3. The third-order valence-electron chi connectivity index (χ3n) is 7.02.